The second kappa shape index (κ2) is 9.51. The molecule has 0 saturated carbocycles. The standard InChI is InChI=1S/C14H22N4O7P2S/c1-4-23-27(22,25-26(19,20)21)24-6-5-13-10(2)18(9-28-13)8-12-7-16-11(3)17-14(12)15/h7,9H,4-6,8H2,1-3H3,(H3-,15,16,17,19,20,21)/p+1. The predicted octanol–water partition coefficient (Wildman–Crippen LogP) is 1.89. The molecular weight excluding hydrogens is 430 g/mol. The first kappa shape index (κ1) is 23.1. The van der Waals surface area contributed by atoms with Gasteiger partial charge in [-0.25, -0.2) is 19.1 Å². The normalized spacial score (nSPS) is 14.2. The lowest BCUT2D eigenvalue weighted by molar-refractivity contribution is -0.689. The first-order valence-corrected chi connectivity index (χ1v) is 12.1. The van der Waals surface area contributed by atoms with Crippen LogP contribution in [0.5, 0.6) is 0 Å². The molecule has 0 radical (unpaired) electrons. The highest BCUT2D eigenvalue weighted by Gasteiger charge is 2.35. The average molecular weight is 453 g/mol. The van der Waals surface area contributed by atoms with Crippen molar-refractivity contribution in [2.24, 2.45) is 0 Å². The molecule has 14 heteroatoms. The summed E-state index contributed by atoms with van der Waals surface area (Å²) in [5, 5.41) is 0. The number of nitrogens with zero attached hydrogens (tertiary/aromatic N) is 3. The first-order chi connectivity index (χ1) is 13.0. The van der Waals surface area contributed by atoms with Crippen LogP contribution in [0.2, 0.25) is 0 Å². The maximum absolute atomic E-state index is 12.2. The number of phosphoric acid groups is 2. The molecule has 156 valence electrons. The third-order valence-corrected chi connectivity index (χ3v) is 7.46. The first-order valence-electron chi connectivity index (χ1n) is 8.23. The van der Waals surface area contributed by atoms with Crippen LogP contribution in [0.3, 0.4) is 0 Å². The van der Waals surface area contributed by atoms with Crippen LogP contribution >= 0.6 is 27.0 Å². The van der Waals surface area contributed by atoms with E-state index in [9.17, 15) is 9.13 Å². The molecule has 0 aliphatic carbocycles. The van der Waals surface area contributed by atoms with Crippen LogP contribution in [0.15, 0.2) is 11.7 Å². The zero-order valence-electron chi connectivity index (χ0n) is 15.6. The molecule has 4 N–H and O–H groups in total. The van der Waals surface area contributed by atoms with Crippen molar-refractivity contribution in [3.05, 3.63) is 33.7 Å². The van der Waals surface area contributed by atoms with Crippen LogP contribution in [0, 0.1) is 13.8 Å². The lowest BCUT2D eigenvalue weighted by atomic mass is 10.2. The van der Waals surface area contributed by atoms with E-state index in [0.29, 0.717) is 24.6 Å². The smallest absolute Gasteiger partial charge is 0.383 e. The zero-order chi connectivity index (χ0) is 20.9. The van der Waals surface area contributed by atoms with Crippen LogP contribution in [0.1, 0.15) is 28.9 Å². The summed E-state index contributed by atoms with van der Waals surface area (Å²) in [6.07, 6.45) is 2.04. The van der Waals surface area contributed by atoms with E-state index in [1.54, 1.807) is 13.1 Å². The van der Waals surface area contributed by atoms with E-state index in [1.807, 2.05) is 17.0 Å². The molecule has 0 aliphatic rings. The molecule has 0 amide bonds. The molecule has 1 unspecified atom stereocenters. The highest BCUT2D eigenvalue weighted by atomic mass is 32.1. The Morgan fingerprint density at radius 1 is 1.29 bits per heavy atom. The van der Waals surface area contributed by atoms with E-state index in [1.165, 1.54) is 18.3 Å². The van der Waals surface area contributed by atoms with Gasteiger partial charge in [-0.2, -0.15) is 8.88 Å². The molecule has 0 saturated heterocycles. The fourth-order valence-corrected chi connectivity index (χ4v) is 5.39. The summed E-state index contributed by atoms with van der Waals surface area (Å²) in [4.78, 5) is 26.9. The lowest BCUT2D eigenvalue weighted by Gasteiger charge is -2.16. The molecule has 28 heavy (non-hydrogen) atoms. The molecule has 0 fully saturated rings. The fourth-order valence-electron chi connectivity index (χ4n) is 2.29. The van der Waals surface area contributed by atoms with Crippen LogP contribution in [-0.2, 0) is 35.5 Å². The molecule has 0 spiro atoms. The van der Waals surface area contributed by atoms with Gasteiger partial charge in [0, 0.05) is 19.5 Å². The number of hydrogen-bond acceptors (Lipinski definition) is 9. The van der Waals surface area contributed by atoms with Gasteiger partial charge in [0.1, 0.15) is 11.6 Å². The molecule has 2 rings (SSSR count). The van der Waals surface area contributed by atoms with Crippen molar-refractivity contribution in [2.45, 2.75) is 33.7 Å². The third-order valence-electron chi connectivity index (χ3n) is 3.59. The summed E-state index contributed by atoms with van der Waals surface area (Å²) in [5.74, 6) is 1.02. The van der Waals surface area contributed by atoms with E-state index in [4.69, 9.17) is 24.6 Å². The molecule has 0 aromatic carbocycles. The summed E-state index contributed by atoms with van der Waals surface area (Å²) in [7, 11) is -9.37. The van der Waals surface area contributed by atoms with Gasteiger partial charge < -0.3 is 15.5 Å². The van der Waals surface area contributed by atoms with Crippen LogP contribution in [-0.4, -0.2) is 33.0 Å². The highest BCUT2D eigenvalue weighted by Crippen LogP contribution is 2.61. The van der Waals surface area contributed by atoms with Crippen LogP contribution in [0.4, 0.5) is 5.82 Å². The number of thiazole rings is 1. The summed E-state index contributed by atoms with van der Waals surface area (Å²) < 4.78 is 39.2. The van der Waals surface area contributed by atoms with Crippen LogP contribution < -0.4 is 10.3 Å². The zero-order valence-corrected chi connectivity index (χ0v) is 18.2. The molecular formula is C14H23N4O7P2S+. The van der Waals surface area contributed by atoms with Gasteiger partial charge in [0.2, 0.25) is 5.51 Å². The largest absolute Gasteiger partial charge is 0.483 e. The summed E-state index contributed by atoms with van der Waals surface area (Å²) >= 11 is 1.46. The lowest BCUT2D eigenvalue weighted by Crippen LogP contribution is -2.35. The van der Waals surface area contributed by atoms with Gasteiger partial charge in [0.25, 0.3) is 0 Å². The number of rotatable bonds is 10. The molecule has 2 aromatic rings. The van der Waals surface area contributed by atoms with Crippen molar-refractivity contribution >= 4 is 32.8 Å². The minimum atomic E-state index is -5.02. The SMILES string of the molecule is CCOP(=O)(OCCc1sc[n+](Cc2cnc(C)nc2N)c1C)OP(=O)(O)O. The topological polar surface area (TPSA) is 158 Å². The number of hydrogen-bond donors (Lipinski definition) is 3. The summed E-state index contributed by atoms with van der Waals surface area (Å²) in [6.45, 7) is 5.48. The quantitative estimate of drug-likeness (QED) is 0.358. The number of nitrogens with two attached hydrogens (primary N) is 1. The third kappa shape index (κ3) is 6.68. The second-order valence-corrected chi connectivity index (χ2v) is 9.69. The number of nitrogen functional groups attached to an aromatic ring is 1. The molecule has 2 heterocycles. The average Bonchev–Trinajstić information content (AvgIpc) is 2.89. The van der Waals surface area contributed by atoms with Crippen molar-refractivity contribution in [3.63, 3.8) is 0 Å². The van der Waals surface area contributed by atoms with E-state index in [2.05, 4.69) is 14.3 Å². The Morgan fingerprint density at radius 2 is 2.00 bits per heavy atom. The Balaban J connectivity index is 2.02. The monoisotopic (exact) mass is 453 g/mol. The van der Waals surface area contributed by atoms with Crippen molar-refractivity contribution < 1.29 is 36.8 Å². The number of aromatic nitrogens is 3. The number of phosphoric ester groups is 1. The maximum Gasteiger partial charge on any atom is 0.483 e. The molecule has 11 nitrogen and oxygen atoms in total. The summed E-state index contributed by atoms with van der Waals surface area (Å²) in [5.41, 5.74) is 9.56. The van der Waals surface area contributed by atoms with Crippen molar-refractivity contribution in [1.29, 1.82) is 0 Å². The minimum absolute atomic E-state index is 0.0879. The van der Waals surface area contributed by atoms with Gasteiger partial charge in [-0.1, -0.05) is 11.3 Å². The second-order valence-electron chi connectivity index (χ2n) is 5.71. The molecule has 2 aromatic heterocycles. The Kier molecular flexibility index (Phi) is 7.83. The maximum atomic E-state index is 12.2. The van der Waals surface area contributed by atoms with Gasteiger partial charge in [0.15, 0.2) is 12.2 Å². The Bertz CT molecular complexity index is 917. The number of anilines is 1. The predicted molar refractivity (Wildman–Crippen MR) is 102 cm³/mol. The molecule has 1 atom stereocenters. The van der Waals surface area contributed by atoms with Gasteiger partial charge in [-0.3, -0.25) is 9.05 Å². The molecule has 0 aliphatic heterocycles. The molecule has 0 bridgehead atoms. The van der Waals surface area contributed by atoms with E-state index >= 15 is 0 Å². The Morgan fingerprint density at radius 3 is 2.61 bits per heavy atom. The van der Waals surface area contributed by atoms with Gasteiger partial charge >= 0.3 is 15.6 Å². The Hall–Kier alpha value is -1.23. The van der Waals surface area contributed by atoms with Crippen LogP contribution in [0.25, 0.3) is 0 Å². The van der Waals surface area contributed by atoms with Crippen molar-refractivity contribution in [3.8, 4) is 0 Å². The Labute approximate surface area is 166 Å². The minimum Gasteiger partial charge on any atom is -0.383 e. The highest BCUT2D eigenvalue weighted by molar-refractivity contribution is 7.61. The van der Waals surface area contributed by atoms with Crippen molar-refractivity contribution in [1.82, 2.24) is 9.97 Å². The van der Waals surface area contributed by atoms with Gasteiger partial charge in [-0.05, 0) is 13.8 Å². The van der Waals surface area contributed by atoms with Crippen molar-refractivity contribution in [2.75, 3.05) is 18.9 Å². The summed E-state index contributed by atoms with van der Waals surface area (Å²) in [6, 6.07) is 0. The van der Waals surface area contributed by atoms with Gasteiger partial charge in [-0.15, -0.1) is 0 Å². The van der Waals surface area contributed by atoms with E-state index in [-0.39, 0.29) is 13.2 Å². The van der Waals surface area contributed by atoms with E-state index < -0.39 is 15.6 Å². The van der Waals surface area contributed by atoms with Gasteiger partial charge in [0.05, 0.1) is 23.7 Å². The number of aryl methyl sites for hydroxylation is 1. The fraction of sp³-hybridized carbons (Fsp3) is 0.500. The van der Waals surface area contributed by atoms with E-state index in [0.717, 1.165) is 16.1 Å².